The smallest absolute Gasteiger partial charge is 0.279 e. The van der Waals surface area contributed by atoms with Gasteiger partial charge in [-0.15, -0.1) is 0 Å². The summed E-state index contributed by atoms with van der Waals surface area (Å²) in [4.78, 5) is 4.29. The molecule has 7 nitrogen and oxygen atoms in total. The molecule has 0 spiro atoms. The summed E-state index contributed by atoms with van der Waals surface area (Å²) < 4.78 is 38.7. The largest absolute Gasteiger partial charge is 0.444 e. The summed E-state index contributed by atoms with van der Waals surface area (Å²) in [5, 5.41) is 0. The number of nitrogens with zero attached hydrogens (tertiary/aromatic N) is 2. The van der Waals surface area contributed by atoms with Crippen LogP contribution in [-0.2, 0) is 21.5 Å². The van der Waals surface area contributed by atoms with Crippen LogP contribution in [0.3, 0.4) is 0 Å². The van der Waals surface area contributed by atoms with Crippen molar-refractivity contribution < 1.29 is 17.6 Å². The molecule has 118 valence electrons. The first kappa shape index (κ1) is 15.2. The third-order valence-corrected chi connectivity index (χ3v) is 4.87. The molecule has 0 bridgehead atoms. The van der Waals surface area contributed by atoms with E-state index in [0.717, 1.165) is 5.56 Å². The van der Waals surface area contributed by atoms with Crippen molar-refractivity contribution >= 4 is 10.2 Å². The Morgan fingerprint density at radius 1 is 1.18 bits per heavy atom. The average Bonchev–Trinajstić information content (AvgIpc) is 3.04. The zero-order valence-electron chi connectivity index (χ0n) is 11.9. The fourth-order valence-electron chi connectivity index (χ4n) is 2.14. The maximum atomic E-state index is 12.1. The lowest BCUT2D eigenvalue weighted by molar-refractivity contribution is 0.0724. The van der Waals surface area contributed by atoms with Gasteiger partial charge >= 0.3 is 0 Å². The molecule has 1 N–H and O–H groups in total. The quantitative estimate of drug-likeness (QED) is 0.887. The number of oxazole rings is 1. The van der Waals surface area contributed by atoms with Crippen molar-refractivity contribution in [2.45, 2.75) is 6.54 Å². The number of benzene rings is 1. The van der Waals surface area contributed by atoms with Crippen molar-refractivity contribution in [3.05, 3.63) is 42.3 Å². The Hall–Kier alpha value is -1.74. The summed E-state index contributed by atoms with van der Waals surface area (Å²) in [5.41, 5.74) is 1.39. The number of rotatable bonds is 5. The van der Waals surface area contributed by atoms with E-state index < -0.39 is 10.2 Å². The molecule has 3 rings (SSSR count). The molecule has 2 aromatic rings. The normalized spacial score (nSPS) is 16.7. The molecular weight excluding hydrogens is 306 g/mol. The van der Waals surface area contributed by atoms with Gasteiger partial charge in [0.1, 0.15) is 6.26 Å². The van der Waals surface area contributed by atoms with Gasteiger partial charge in [-0.05, 0) is 12.1 Å². The van der Waals surface area contributed by atoms with E-state index in [1.54, 1.807) is 0 Å². The second kappa shape index (κ2) is 6.57. The molecule has 0 unspecified atom stereocenters. The van der Waals surface area contributed by atoms with Crippen LogP contribution >= 0.6 is 0 Å². The van der Waals surface area contributed by atoms with Gasteiger partial charge in [0, 0.05) is 18.7 Å². The maximum Gasteiger partial charge on any atom is 0.279 e. The third kappa shape index (κ3) is 3.53. The minimum Gasteiger partial charge on any atom is -0.444 e. The topological polar surface area (TPSA) is 84.7 Å². The van der Waals surface area contributed by atoms with Crippen LogP contribution in [-0.4, -0.2) is 44.0 Å². The summed E-state index contributed by atoms with van der Waals surface area (Å²) in [5.74, 6) is 0.473. The second-order valence-electron chi connectivity index (χ2n) is 4.85. The highest BCUT2D eigenvalue weighted by Gasteiger charge is 2.24. The van der Waals surface area contributed by atoms with Gasteiger partial charge in [0.15, 0.2) is 0 Å². The van der Waals surface area contributed by atoms with Gasteiger partial charge in [0.25, 0.3) is 10.2 Å². The van der Waals surface area contributed by atoms with Crippen molar-refractivity contribution in [3.8, 4) is 11.5 Å². The van der Waals surface area contributed by atoms with Crippen molar-refractivity contribution in [1.29, 1.82) is 0 Å². The predicted octanol–water partition coefficient (Wildman–Crippen LogP) is 1.01. The Labute approximate surface area is 129 Å². The molecule has 1 aromatic carbocycles. The third-order valence-electron chi connectivity index (χ3n) is 3.32. The molecule has 1 saturated heterocycles. The van der Waals surface area contributed by atoms with Crippen LogP contribution in [0.1, 0.15) is 5.69 Å². The Balaban J connectivity index is 1.63. The van der Waals surface area contributed by atoms with E-state index in [-0.39, 0.29) is 6.54 Å². The molecule has 8 heteroatoms. The SMILES string of the molecule is O=S(=O)(NCc1coc(-c2ccccc2)n1)N1CCOCC1. The molecule has 1 fully saturated rings. The van der Waals surface area contributed by atoms with E-state index >= 15 is 0 Å². The van der Waals surface area contributed by atoms with E-state index in [1.165, 1.54) is 10.6 Å². The monoisotopic (exact) mass is 323 g/mol. The van der Waals surface area contributed by atoms with Crippen LogP contribution in [0.15, 0.2) is 41.0 Å². The molecule has 0 radical (unpaired) electrons. The number of ether oxygens (including phenoxy) is 1. The standard InChI is InChI=1S/C14H17N3O4S/c18-22(19,17-6-8-20-9-7-17)15-10-13-11-21-14(16-13)12-4-2-1-3-5-12/h1-5,11,15H,6-10H2. The molecule has 1 aliphatic rings. The molecule has 2 heterocycles. The Morgan fingerprint density at radius 3 is 2.64 bits per heavy atom. The predicted molar refractivity (Wildman–Crippen MR) is 80.1 cm³/mol. The highest BCUT2D eigenvalue weighted by molar-refractivity contribution is 7.87. The number of morpholine rings is 1. The van der Waals surface area contributed by atoms with Crippen LogP contribution in [0.4, 0.5) is 0 Å². The zero-order valence-corrected chi connectivity index (χ0v) is 12.8. The highest BCUT2D eigenvalue weighted by atomic mass is 32.2. The summed E-state index contributed by atoms with van der Waals surface area (Å²) in [6, 6.07) is 9.45. The summed E-state index contributed by atoms with van der Waals surface area (Å²) in [7, 11) is -3.52. The molecule has 0 atom stereocenters. The van der Waals surface area contributed by atoms with Gasteiger partial charge in [-0.3, -0.25) is 0 Å². The Bertz CT molecular complexity index is 709. The van der Waals surface area contributed by atoms with E-state index in [1.807, 2.05) is 30.3 Å². The van der Waals surface area contributed by atoms with Crippen LogP contribution < -0.4 is 4.72 Å². The van der Waals surface area contributed by atoms with Crippen LogP contribution in [0.2, 0.25) is 0 Å². The Morgan fingerprint density at radius 2 is 1.91 bits per heavy atom. The van der Waals surface area contributed by atoms with Crippen LogP contribution in [0.5, 0.6) is 0 Å². The van der Waals surface area contributed by atoms with Gasteiger partial charge < -0.3 is 9.15 Å². The highest BCUT2D eigenvalue weighted by Crippen LogP contribution is 2.18. The van der Waals surface area contributed by atoms with Gasteiger partial charge in [-0.25, -0.2) is 4.98 Å². The number of aromatic nitrogens is 1. The summed E-state index contributed by atoms with van der Waals surface area (Å²) in [6.07, 6.45) is 1.46. The molecule has 22 heavy (non-hydrogen) atoms. The first-order valence-corrected chi connectivity index (χ1v) is 8.41. The van der Waals surface area contributed by atoms with Gasteiger partial charge in [0.05, 0.1) is 25.5 Å². The first-order valence-electron chi connectivity index (χ1n) is 6.97. The fourth-order valence-corrected chi connectivity index (χ4v) is 3.29. The number of hydrogen-bond donors (Lipinski definition) is 1. The minimum atomic E-state index is -3.52. The zero-order chi connectivity index (χ0) is 15.4. The van der Waals surface area contributed by atoms with Crippen LogP contribution in [0, 0.1) is 0 Å². The number of hydrogen-bond acceptors (Lipinski definition) is 5. The average molecular weight is 323 g/mol. The lowest BCUT2D eigenvalue weighted by Crippen LogP contribution is -2.46. The van der Waals surface area contributed by atoms with Crippen molar-refractivity contribution in [3.63, 3.8) is 0 Å². The number of nitrogens with one attached hydrogen (secondary N) is 1. The second-order valence-corrected chi connectivity index (χ2v) is 6.60. The molecular formula is C14H17N3O4S. The lowest BCUT2D eigenvalue weighted by Gasteiger charge is -2.25. The molecule has 0 saturated carbocycles. The fraction of sp³-hybridized carbons (Fsp3) is 0.357. The van der Waals surface area contributed by atoms with Crippen molar-refractivity contribution in [1.82, 2.24) is 14.0 Å². The van der Waals surface area contributed by atoms with E-state index in [9.17, 15) is 8.42 Å². The van der Waals surface area contributed by atoms with E-state index in [0.29, 0.717) is 37.9 Å². The molecule has 1 aromatic heterocycles. The van der Waals surface area contributed by atoms with Gasteiger partial charge in [-0.2, -0.15) is 17.4 Å². The molecule has 0 amide bonds. The first-order chi connectivity index (χ1) is 10.6. The maximum absolute atomic E-state index is 12.1. The van der Waals surface area contributed by atoms with Crippen LogP contribution in [0.25, 0.3) is 11.5 Å². The summed E-state index contributed by atoms with van der Waals surface area (Å²) >= 11 is 0. The van der Waals surface area contributed by atoms with Gasteiger partial charge in [0.2, 0.25) is 5.89 Å². The van der Waals surface area contributed by atoms with E-state index in [2.05, 4.69) is 9.71 Å². The summed E-state index contributed by atoms with van der Waals surface area (Å²) in [6.45, 7) is 1.66. The minimum absolute atomic E-state index is 0.0933. The van der Waals surface area contributed by atoms with Crippen molar-refractivity contribution in [2.75, 3.05) is 26.3 Å². The molecule has 1 aliphatic heterocycles. The van der Waals surface area contributed by atoms with Crippen molar-refractivity contribution in [2.24, 2.45) is 0 Å². The van der Waals surface area contributed by atoms with Gasteiger partial charge in [-0.1, -0.05) is 18.2 Å². The Kier molecular flexibility index (Phi) is 4.53. The van der Waals surface area contributed by atoms with E-state index in [4.69, 9.17) is 9.15 Å². The lowest BCUT2D eigenvalue weighted by atomic mass is 10.2. The molecule has 0 aliphatic carbocycles.